The highest BCUT2D eigenvalue weighted by Crippen LogP contribution is 2.16. The number of rotatable bonds is 5. The molecule has 1 aromatic carbocycles. The van der Waals surface area contributed by atoms with Gasteiger partial charge < -0.3 is 15.3 Å². The Hall–Kier alpha value is -2.37. The van der Waals surface area contributed by atoms with E-state index in [2.05, 4.69) is 10.5 Å². The predicted octanol–water partition coefficient (Wildman–Crippen LogP) is 1.16. The van der Waals surface area contributed by atoms with Crippen LogP contribution >= 0.6 is 0 Å². The molecule has 1 unspecified atom stereocenters. The van der Waals surface area contributed by atoms with Gasteiger partial charge in [-0.1, -0.05) is 42.4 Å². The van der Waals surface area contributed by atoms with Crippen molar-refractivity contribution in [3.05, 3.63) is 35.9 Å². The fourth-order valence-electron chi connectivity index (χ4n) is 1.92. The molecule has 0 saturated heterocycles. The molecule has 106 valence electrons. The lowest BCUT2D eigenvalue weighted by molar-refractivity contribution is -0.144. The van der Waals surface area contributed by atoms with Crippen molar-refractivity contribution in [1.82, 2.24) is 5.32 Å². The van der Waals surface area contributed by atoms with E-state index in [1.807, 2.05) is 30.3 Å². The lowest BCUT2D eigenvalue weighted by Gasteiger charge is -2.14. The largest absolute Gasteiger partial charge is 0.480 e. The van der Waals surface area contributed by atoms with Crippen LogP contribution in [0.15, 0.2) is 35.5 Å². The van der Waals surface area contributed by atoms with Gasteiger partial charge in [0.2, 0.25) is 6.10 Å². The summed E-state index contributed by atoms with van der Waals surface area (Å²) < 4.78 is 0. The summed E-state index contributed by atoms with van der Waals surface area (Å²) in [6.07, 6.45) is -0.106. The number of nitrogens with one attached hydrogen (secondary N) is 1. The van der Waals surface area contributed by atoms with Gasteiger partial charge in [0.25, 0.3) is 5.91 Å². The van der Waals surface area contributed by atoms with Crippen LogP contribution in [0.5, 0.6) is 0 Å². The quantitative estimate of drug-likeness (QED) is 0.844. The number of carbonyl (C=O) groups is 2. The number of hydrogen-bond acceptors (Lipinski definition) is 4. The van der Waals surface area contributed by atoms with Gasteiger partial charge in [0, 0.05) is 6.42 Å². The molecule has 0 aromatic heterocycles. The van der Waals surface area contributed by atoms with E-state index >= 15 is 0 Å². The molecule has 0 saturated carbocycles. The van der Waals surface area contributed by atoms with Crippen LogP contribution < -0.4 is 5.32 Å². The molecule has 0 spiro atoms. The van der Waals surface area contributed by atoms with Crippen molar-refractivity contribution in [3.63, 3.8) is 0 Å². The van der Waals surface area contributed by atoms with Crippen molar-refractivity contribution < 1.29 is 19.5 Å². The first-order chi connectivity index (χ1) is 9.61. The van der Waals surface area contributed by atoms with Crippen LogP contribution in [0.1, 0.15) is 25.3 Å². The molecule has 0 aliphatic carbocycles. The molecule has 1 aliphatic rings. The van der Waals surface area contributed by atoms with Crippen molar-refractivity contribution in [2.75, 3.05) is 0 Å². The maximum atomic E-state index is 11.9. The van der Waals surface area contributed by atoms with E-state index in [0.29, 0.717) is 18.6 Å². The van der Waals surface area contributed by atoms with Gasteiger partial charge in [-0.15, -0.1) is 0 Å². The van der Waals surface area contributed by atoms with Crippen LogP contribution in [0.3, 0.4) is 0 Å². The highest BCUT2D eigenvalue weighted by Gasteiger charge is 2.31. The number of carboxylic acid groups (broad SMARTS) is 1. The minimum absolute atomic E-state index is 0.320. The molecule has 20 heavy (non-hydrogen) atoms. The molecular formula is C14H16N2O4. The summed E-state index contributed by atoms with van der Waals surface area (Å²) in [5.41, 5.74) is 1.59. The highest BCUT2D eigenvalue weighted by molar-refractivity contribution is 6.04. The molecule has 0 radical (unpaired) electrons. The number of amides is 1. The minimum Gasteiger partial charge on any atom is -0.480 e. The third-order valence-electron chi connectivity index (χ3n) is 3.09. The number of carbonyl (C=O) groups excluding carboxylic acids is 1. The maximum absolute atomic E-state index is 11.9. The molecule has 1 amide bonds. The van der Waals surface area contributed by atoms with Gasteiger partial charge in [0.05, 0.1) is 5.71 Å². The van der Waals surface area contributed by atoms with Gasteiger partial charge >= 0.3 is 5.97 Å². The SMILES string of the molecule is CC[C@H](NC(=O)C1CC(c2ccccc2)=NO1)C(=O)O. The predicted molar refractivity (Wildman–Crippen MR) is 72.3 cm³/mol. The van der Waals surface area contributed by atoms with Crippen LogP contribution in [0.4, 0.5) is 0 Å². The Labute approximate surface area is 116 Å². The second-order valence-corrected chi connectivity index (χ2v) is 4.51. The Kier molecular flexibility index (Phi) is 4.34. The molecule has 2 rings (SSSR count). The zero-order valence-electron chi connectivity index (χ0n) is 11.1. The van der Waals surface area contributed by atoms with Crippen molar-refractivity contribution in [1.29, 1.82) is 0 Å². The van der Waals surface area contributed by atoms with Gasteiger partial charge in [-0.3, -0.25) is 4.79 Å². The highest BCUT2D eigenvalue weighted by atomic mass is 16.6. The first-order valence-electron chi connectivity index (χ1n) is 6.43. The van der Waals surface area contributed by atoms with E-state index < -0.39 is 24.0 Å². The number of benzene rings is 1. The fraction of sp³-hybridized carbons (Fsp3) is 0.357. The second kappa shape index (κ2) is 6.18. The average molecular weight is 276 g/mol. The molecule has 2 atom stereocenters. The molecule has 2 N–H and O–H groups in total. The lowest BCUT2D eigenvalue weighted by atomic mass is 10.0. The van der Waals surface area contributed by atoms with E-state index in [9.17, 15) is 9.59 Å². The summed E-state index contributed by atoms with van der Waals surface area (Å²) in [6.45, 7) is 1.69. The van der Waals surface area contributed by atoms with E-state index in [4.69, 9.17) is 9.94 Å². The summed E-state index contributed by atoms with van der Waals surface area (Å²) in [4.78, 5) is 27.9. The zero-order valence-corrected chi connectivity index (χ0v) is 11.1. The lowest BCUT2D eigenvalue weighted by Crippen LogP contribution is -2.45. The molecular weight excluding hydrogens is 260 g/mol. The first kappa shape index (κ1) is 14.0. The molecule has 1 aliphatic heterocycles. The van der Waals surface area contributed by atoms with Crippen LogP contribution in [0, 0.1) is 0 Å². The number of carboxylic acids is 1. The summed E-state index contributed by atoms with van der Waals surface area (Å²) in [5, 5.41) is 15.2. The Morgan fingerprint density at radius 2 is 2.15 bits per heavy atom. The van der Waals surface area contributed by atoms with Gasteiger partial charge in [0.1, 0.15) is 6.04 Å². The van der Waals surface area contributed by atoms with E-state index in [-0.39, 0.29) is 0 Å². The fourth-order valence-corrected chi connectivity index (χ4v) is 1.92. The summed E-state index contributed by atoms with van der Waals surface area (Å²) in [5.74, 6) is -1.50. The van der Waals surface area contributed by atoms with Gasteiger partial charge in [0.15, 0.2) is 0 Å². The van der Waals surface area contributed by atoms with Crippen LogP contribution in [-0.2, 0) is 14.4 Å². The topological polar surface area (TPSA) is 88.0 Å². The third-order valence-corrected chi connectivity index (χ3v) is 3.09. The first-order valence-corrected chi connectivity index (χ1v) is 6.43. The summed E-state index contributed by atoms with van der Waals surface area (Å²) in [6, 6.07) is 8.52. The Balaban J connectivity index is 1.94. The number of oxime groups is 1. The van der Waals surface area contributed by atoms with Gasteiger partial charge in [-0.2, -0.15) is 0 Å². The minimum atomic E-state index is -1.05. The Bertz CT molecular complexity index is 527. The zero-order chi connectivity index (χ0) is 14.5. The smallest absolute Gasteiger partial charge is 0.326 e. The molecule has 0 fully saturated rings. The maximum Gasteiger partial charge on any atom is 0.326 e. The Morgan fingerprint density at radius 1 is 1.45 bits per heavy atom. The van der Waals surface area contributed by atoms with E-state index in [1.165, 1.54) is 0 Å². The van der Waals surface area contributed by atoms with Crippen LogP contribution in [0.25, 0.3) is 0 Å². The summed E-state index contributed by atoms with van der Waals surface area (Å²) in [7, 11) is 0. The molecule has 1 aromatic rings. The van der Waals surface area contributed by atoms with E-state index in [0.717, 1.165) is 5.56 Å². The van der Waals surface area contributed by atoms with Gasteiger partial charge in [-0.25, -0.2) is 4.79 Å². The average Bonchev–Trinajstić information content (AvgIpc) is 2.95. The van der Waals surface area contributed by atoms with Crippen molar-refractivity contribution >= 4 is 17.6 Å². The van der Waals surface area contributed by atoms with Gasteiger partial charge in [-0.05, 0) is 12.0 Å². The van der Waals surface area contributed by atoms with Crippen LogP contribution in [-0.4, -0.2) is 34.8 Å². The van der Waals surface area contributed by atoms with E-state index in [1.54, 1.807) is 6.92 Å². The summed E-state index contributed by atoms with van der Waals surface area (Å²) >= 11 is 0. The number of nitrogens with zero attached hydrogens (tertiary/aromatic N) is 1. The number of hydrogen-bond donors (Lipinski definition) is 2. The van der Waals surface area contributed by atoms with Crippen molar-refractivity contribution in [2.24, 2.45) is 5.16 Å². The normalized spacial score (nSPS) is 18.9. The molecule has 1 heterocycles. The third kappa shape index (κ3) is 3.14. The monoisotopic (exact) mass is 276 g/mol. The molecule has 6 nitrogen and oxygen atoms in total. The van der Waals surface area contributed by atoms with Crippen LogP contribution in [0.2, 0.25) is 0 Å². The Morgan fingerprint density at radius 3 is 2.75 bits per heavy atom. The second-order valence-electron chi connectivity index (χ2n) is 4.51. The standard InChI is InChI=1S/C14H16N2O4/c1-2-10(14(18)19)15-13(17)12-8-11(16-20-12)9-6-4-3-5-7-9/h3-7,10,12H,2,8H2,1H3,(H,15,17)(H,18,19)/t10-,12?/m0/s1. The number of aliphatic carboxylic acids is 1. The van der Waals surface area contributed by atoms with Crippen molar-refractivity contribution in [2.45, 2.75) is 31.9 Å². The molecule has 6 heteroatoms. The molecule has 0 bridgehead atoms. The van der Waals surface area contributed by atoms with Crippen molar-refractivity contribution in [3.8, 4) is 0 Å².